The van der Waals surface area contributed by atoms with Crippen molar-refractivity contribution < 1.29 is 28.2 Å². The van der Waals surface area contributed by atoms with Crippen molar-refractivity contribution in [3.8, 4) is 5.75 Å². The summed E-state index contributed by atoms with van der Waals surface area (Å²) >= 11 is 0. The molecule has 0 aliphatic carbocycles. The van der Waals surface area contributed by atoms with Crippen LogP contribution in [0.5, 0.6) is 5.75 Å². The van der Waals surface area contributed by atoms with Gasteiger partial charge in [-0.05, 0) is 54.1 Å². The van der Waals surface area contributed by atoms with E-state index in [-0.39, 0.29) is 17.9 Å². The summed E-state index contributed by atoms with van der Waals surface area (Å²) in [6, 6.07) is 14.4. The molecular formula is C23H18FNO5. The van der Waals surface area contributed by atoms with Crippen molar-refractivity contribution in [1.82, 2.24) is 4.90 Å². The van der Waals surface area contributed by atoms with Gasteiger partial charge in [0.2, 0.25) is 0 Å². The number of methoxy groups -OCH3 is 1. The molecule has 1 aliphatic rings. The fourth-order valence-corrected chi connectivity index (χ4v) is 3.51. The van der Waals surface area contributed by atoms with Crippen LogP contribution in [-0.4, -0.2) is 28.8 Å². The van der Waals surface area contributed by atoms with E-state index >= 15 is 0 Å². The number of ether oxygens (including phenoxy) is 1. The van der Waals surface area contributed by atoms with Crippen molar-refractivity contribution in [3.05, 3.63) is 95.2 Å². The van der Waals surface area contributed by atoms with E-state index in [1.165, 1.54) is 42.5 Å². The Kier molecular flexibility index (Phi) is 5.10. The summed E-state index contributed by atoms with van der Waals surface area (Å²) in [5, 5.41) is 10.9. The number of carbonyl (C=O) groups is 2. The Morgan fingerprint density at radius 1 is 1.10 bits per heavy atom. The predicted molar refractivity (Wildman–Crippen MR) is 106 cm³/mol. The predicted octanol–water partition coefficient (Wildman–Crippen LogP) is 4.05. The maximum Gasteiger partial charge on any atom is 0.296 e. The number of carbonyl (C=O) groups excluding carboxylic acids is 2. The third kappa shape index (κ3) is 3.45. The number of hydrogen-bond donors (Lipinski definition) is 1. The first-order valence-corrected chi connectivity index (χ1v) is 9.20. The van der Waals surface area contributed by atoms with Crippen LogP contribution in [0.15, 0.2) is 76.9 Å². The standard InChI is InChI=1S/C23H18FNO5/c1-29-17-10-6-15(7-11-17)21(26)19-20(14-4-8-16(24)9-5-14)25(23(28)22(19)27)13-18-3-2-12-30-18/h2-12,20,26H,13H2,1H3/b21-19-. The fourth-order valence-electron chi connectivity index (χ4n) is 3.51. The second kappa shape index (κ2) is 7.87. The number of hydrogen-bond acceptors (Lipinski definition) is 5. The highest BCUT2D eigenvalue weighted by Crippen LogP contribution is 2.40. The highest BCUT2D eigenvalue weighted by Gasteiger charge is 2.46. The second-order valence-electron chi connectivity index (χ2n) is 6.79. The van der Waals surface area contributed by atoms with Gasteiger partial charge in [-0.1, -0.05) is 12.1 Å². The Balaban J connectivity index is 1.84. The molecule has 7 heteroatoms. The van der Waals surface area contributed by atoms with E-state index in [1.807, 2.05) is 0 Å². The van der Waals surface area contributed by atoms with Crippen LogP contribution in [0.1, 0.15) is 22.9 Å². The van der Waals surface area contributed by atoms with Crippen LogP contribution in [0.2, 0.25) is 0 Å². The number of benzene rings is 2. The van der Waals surface area contributed by atoms with Crippen LogP contribution in [0.25, 0.3) is 5.76 Å². The topological polar surface area (TPSA) is 80.0 Å². The van der Waals surface area contributed by atoms with Gasteiger partial charge in [0.25, 0.3) is 11.7 Å². The van der Waals surface area contributed by atoms with E-state index < -0.39 is 23.5 Å². The first kappa shape index (κ1) is 19.4. The van der Waals surface area contributed by atoms with Gasteiger partial charge >= 0.3 is 0 Å². The van der Waals surface area contributed by atoms with Crippen molar-refractivity contribution in [2.75, 3.05) is 7.11 Å². The van der Waals surface area contributed by atoms with Crippen molar-refractivity contribution in [2.45, 2.75) is 12.6 Å². The fraction of sp³-hybridized carbons (Fsp3) is 0.130. The molecule has 2 heterocycles. The minimum atomic E-state index is -0.891. The molecule has 152 valence electrons. The maximum atomic E-state index is 13.5. The van der Waals surface area contributed by atoms with Crippen LogP contribution < -0.4 is 4.74 Å². The number of amides is 1. The summed E-state index contributed by atoms with van der Waals surface area (Å²) in [4.78, 5) is 27.0. The molecule has 1 atom stereocenters. The normalized spacial score (nSPS) is 18.1. The van der Waals surface area contributed by atoms with Gasteiger partial charge in [0.05, 0.1) is 31.5 Å². The van der Waals surface area contributed by atoms with Gasteiger partial charge < -0.3 is 19.2 Å². The zero-order valence-corrected chi connectivity index (χ0v) is 16.0. The molecule has 6 nitrogen and oxygen atoms in total. The maximum absolute atomic E-state index is 13.5. The monoisotopic (exact) mass is 407 g/mol. The summed E-state index contributed by atoms with van der Waals surface area (Å²) in [5.74, 6) is -1.28. The van der Waals surface area contributed by atoms with Gasteiger partial charge in [-0.15, -0.1) is 0 Å². The molecule has 1 unspecified atom stereocenters. The molecule has 0 bridgehead atoms. The minimum absolute atomic E-state index is 0.0268. The third-order valence-electron chi connectivity index (χ3n) is 5.00. The van der Waals surface area contributed by atoms with E-state index in [4.69, 9.17) is 9.15 Å². The molecule has 1 aromatic heterocycles. The molecule has 30 heavy (non-hydrogen) atoms. The largest absolute Gasteiger partial charge is 0.507 e. The Morgan fingerprint density at radius 3 is 2.40 bits per heavy atom. The highest BCUT2D eigenvalue weighted by atomic mass is 19.1. The molecule has 1 aliphatic heterocycles. The smallest absolute Gasteiger partial charge is 0.296 e. The van der Waals surface area contributed by atoms with Crippen LogP contribution in [0.3, 0.4) is 0 Å². The molecule has 2 aromatic carbocycles. The second-order valence-corrected chi connectivity index (χ2v) is 6.79. The Bertz CT molecular complexity index is 1100. The number of furan rings is 1. The quantitative estimate of drug-likeness (QED) is 0.392. The number of Topliss-reactive ketones (excluding diaryl/α,β-unsaturated/α-hetero) is 1. The number of halogens is 1. The first-order chi connectivity index (χ1) is 14.5. The van der Waals surface area contributed by atoms with Gasteiger partial charge in [-0.25, -0.2) is 4.39 Å². The van der Waals surface area contributed by atoms with Crippen molar-refractivity contribution in [2.24, 2.45) is 0 Å². The summed E-state index contributed by atoms with van der Waals surface area (Å²) in [6.07, 6.45) is 1.47. The lowest BCUT2D eigenvalue weighted by Crippen LogP contribution is -2.29. The van der Waals surface area contributed by atoms with E-state index in [2.05, 4.69) is 0 Å². The number of aliphatic hydroxyl groups is 1. The van der Waals surface area contributed by atoms with Crippen molar-refractivity contribution in [3.63, 3.8) is 0 Å². The zero-order chi connectivity index (χ0) is 21.3. The Labute approximate surface area is 171 Å². The van der Waals surface area contributed by atoms with Gasteiger partial charge in [0.1, 0.15) is 23.1 Å². The number of likely N-dealkylation sites (tertiary alicyclic amines) is 1. The summed E-state index contributed by atoms with van der Waals surface area (Å²) in [5.41, 5.74) is 0.791. The van der Waals surface area contributed by atoms with Crippen LogP contribution in [0.4, 0.5) is 4.39 Å². The average molecular weight is 407 g/mol. The van der Waals surface area contributed by atoms with E-state index in [9.17, 15) is 19.1 Å². The molecule has 4 rings (SSSR count). The summed E-state index contributed by atoms with van der Waals surface area (Å²) in [7, 11) is 1.52. The molecule has 1 amide bonds. The molecule has 1 fully saturated rings. The van der Waals surface area contributed by atoms with E-state index in [1.54, 1.807) is 36.4 Å². The van der Waals surface area contributed by atoms with Gasteiger partial charge in [0, 0.05) is 5.56 Å². The molecule has 0 radical (unpaired) electrons. The Hall–Kier alpha value is -3.87. The summed E-state index contributed by atoms with van der Waals surface area (Å²) in [6.45, 7) is 0.0268. The van der Waals surface area contributed by atoms with Crippen molar-refractivity contribution in [1.29, 1.82) is 0 Å². The molecule has 1 saturated heterocycles. The highest BCUT2D eigenvalue weighted by molar-refractivity contribution is 6.46. The number of aliphatic hydroxyl groups excluding tert-OH is 1. The van der Waals surface area contributed by atoms with Crippen molar-refractivity contribution >= 4 is 17.4 Å². The number of ketones is 1. The molecule has 1 N–H and O–H groups in total. The van der Waals surface area contributed by atoms with Crippen LogP contribution in [0, 0.1) is 5.82 Å². The van der Waals surface area contributed by atoms with E-state index in [0.29, 0.717) is 22.6 Å². The Morgan fingerprint density at radius 2 is 1.80 bits per heavy atom. The minimum Gasteiger partial charge on any atom is -0.507 e. The molecular weight excluding hydrogens is 389 g/mol. The molecule has 3 aromatic rings. The SMILES string of the molecule is COc1ccc(/C(O)=C2/C(=O)C(=O)N(Cc3ccco3)C2c2ccc(F)cc2)cc1. The average Bonchev–Trinajstić information content (AvgIpc) is 3.36. The lowest BCUT2D eigenvalue weighted by molar-refractivity contribution is -0.140. The first-order valence-electron chi connectivity index (χ1n) is 9.20. The summed E-state index contributed by atoms with van der Waals surface area (Å²) < 4.78 is 23.9. The van der Waals surface area contributed by atoms with Crippen LogP contribution in [-0.2, 0) is 16.1 Å². The van der Waals surface area contributed by atoms with Crippen LogP contribution >= 0.6 is 0 Å². The number of rotatable bonds is 5. The lowest BCUT2D eigenvalue weighted by Gasteiger charge is -2.24. The van der Waals surface area contributed by atoms with Gasteiger partial charge in [-0.3, -0.25) is 9.59 Å². The molecule has 0 saturated carbocycles. The number of nitrogens with zero attached hydrogens (tertiary/aromatic N) is 1. The van der Waals surface area contributed by atoms with E-state index in [0.717, 1.165) is 0 Å². The van der Waals surface area contributed by atoms with Gasteiger partial charge in [-0.2, -0.15) is 0 Å². The zero-order valence-electron chi connectivity index (χ0n) is 16.0. The van der Waals surface area contributed by atoms with Gasteiger partial charge in [0.15, 0.2) is 0 Å². The molecule has 0 spiro atoms. The lowest BCUT2D eigenvalue weighted by atomic mass is 9.95. The third-order valence-corrected chi connectivity index (χ3v) is 5.00.